The zero-order valence-electron chi connectivity index (χ0n) is 10.3. The Bertz CT molecular complexity index is 435. The van der Waals surface area contributed by atoms with Crippen LogP contribution in [0.2, 0.25) is 0 Å². The summed E-state index contributed by atoms with van der Waals surface area (Å²) in [6.45, 7) is 0. The first-order chi connectivity index (χ1) is 8.20. The van der Waals surface area contributed by atoms with E-state index < -0.39 is 0 Å². The molecule has 0 saturated heterocycles. The average Bonchev–Trinajstić information content (AvgIpc) is 2.62. The lowest BCUT2D eigenvalue weighted by Gasteiger charge is -2.34. The van der Waals surface area contributed by atoms with E-state index in [-0.39, 0.29) is 0 Å². The molecule has 1 aromatic heterocycles. The predicted molar refractivity (Wildman–Crippen MR) is 73.6 cm³/mol. The van der Waals surface area contributed by atoms with E-state index in [1.54, 1.807) is 0 Å². The Labute approximate surface area is 111 Å². The molecule has 2 heterocycles. The monoisotopic (exact) mass is 295 g/mol. The van der Waals surface area contributed by atoms with Crippen LogP contribution in [-0.4, -0.2) is 31.2 Å². The summed E-state index contributed by atoms with van der Waals surface area (Å²) in [6.07, 6.45) is 3.78. The summed E-state index contributed by atoms with van der Waals surface area (Å²) < 4.78 is 0.937. The van der Waals surface area contributed by atoms with Crippen molar-refractivity contribution < 1.29 is 0 Å². The van der Waals surface area contributed by atoms with E-state index in [1.165, 1.54) is 30.6 Å². The Morgan fingerprint density at radius 1 is 1.41 bits per heavy atom. The van der Waals surface area contributed by atoms with E-state index >= 15 is 0 Å². The lowest BCUT2D eigenvalue weighted by atomic mass is 9.80. The lowest BCUT2D eigenvalue weighted by Crippen LogP contribution is -2.40. The summed E-state index contributed by atoms with van der Waals surface area (Å²) in [5.41, 5.74) is 1.43. The molecule has 3 nitrogen and oxygen atoms in total. The molecule has 1 fully saturated rings. The Kier molecular flexibility index (Phi) is 2.87. The molecule has 3 unspecified atom stereocenters. The van der Waals surface area contributed by atoms with Gasteiger partial charge in [-0.2, -0.15) is 0 Å². The summed E-state index contributed by atoms with van der Waals surface area (Å²) in [5.74, 6) is 1.83. The molecular formula is C13H18BrN3. The maximum absolute atomic E-state index is 4.63. The molecule has 1 aliphatic heterocycles. The van der Waals surface area contributed by atoms with Crippen LogP contribution in [0.4, 0.5) is 5.82 Å². The number of nitrogens with zero attached hydrogens (tertiary/aromatic N) is 2. The molecular weight excluding hydrogens is 278 g/mol. The van der Waals surface area contributed by atoms with Crippen LogP contribution in [0.5, 0.6) is 0 Å². The molecule has 1 aliphatic carbocycles. The Balaban J connectivity index is 1.97. The first-order valence-corrected chi connectivity index (χ1v) is 7.06. The third-order valence-electron chi connectivity index (χ3n) is 4.32. The SMILES string of the molecule is CNC1CCC2C(C1)c1ccc(Br)nc1N2C. The minimum Gasteiger partial charge on any atom is -0.356 e. The van der Waals surface area contributed by atoms with Gasteiger partial charge in [-0.1, -0.05) is 6.07 Å². The van der Waals surface area contributed by atoms with E-state index in [0.29, 0.717) is 18.0 Å². The number of fused-ring (bicyclic) bond motifs is 3. The highest BCUT2D eigenvalue weighted by atomic mass is 79.9. The average molecular weight is 296 g/mol. The van der Waals surface area contributed by atoms with E-state index in [9.17, 15) is 0 Å². The fourth-order valence-electron chi connectivity index (χ4n) is 3.38. The van der Waals surface area contributed by atoms with Crippen LogP contribution >= 0.6 is 15.9 Å². The number of likely N-dealkylation sites (N-methyl/N-ethyl adjacent to an activating group) is 1. The smallest absolute Gasteiger partial charge is 0.133 e. The predicted octanol–water partition coefficient (Wildman–Crippen LogP) is 2.52. The maximum Gasteiger partial charge on any atom is 0.133 e. The minimum atomic E-state index is 0.649. The maximum atomic E-state index is 4.63. The molecule has 1 saturated carbocycles. The Morgan fingerprint density at radius 2 is 2.24 bits per heavy atom. The second-order valence-corrected chi connectivity index (χ2v) is 5.94. The number of hydrogen-bond acceptors (Lipinski definition) is 3. The van der Waals surface area contributed by atoms with Gasteiger partial charge in [0, 0.05) is 25.0 Å². The van der Waals surface area contributed by atoms with E-state index in [4.69, 9.17) is 0 Å². The molecule has 1 N–H and O–H groups in total. The van der Waals surface area contributed by atoms with E-state index in [1.807, 2.05) is 0 Å². The van der Waals surface area contributed by atoms with Crippen molar-refractivity contribution in [3.05, 3.63) is 22.3 Å². The van der Waals surface area contributed by atoms with Crippen LogP contribution in [0.1, 0.15) is 30.7 Å². The number of aromatic nitrogens is 1. The van der Waals surface area contributed by atoms with Gasteiger partial charge in [-0.15, -0.1) is 0 Å². The van der Waals surface area contributed by atoms with Crippen molar-refractivity contribution in [2.24, 2.45) is 0 Å². The summed E-state index contributed by atoms with van der Waals surface area (Å²) in [4.78, 5) is 7.00. The Morgan fingerprint density at radius 3 is 3.00 bits per heavy atom. The molecule has 3 rings (SSSR count). The first-order valence-electron chi connectivity index (χ1n) is 6.27. The van der Waals surface area contributed by atoms with Crippen LogP contribution in [-0.2, 0) is 0 Å². The number of hydrogen-bond donors (Lipinski definition) is 1. The van der Waals surface area contributed by atoms with Crippen molar-refractivity contribution in [1.82, 2.24) is 10.3 Å². The fraction of sp³-hybridized carbons (Fsp3) is 0.615. The Hall–Kier alpha value is -0.610. The van der Waals surface area contributed by atoms with Gasteiger partial charge in [-0.3, -0.25) is 0 Å². The molecule has 0 amide bonds. The van der Waals surface area contributed by atoms with Gasteiger partial charge in [0.05, 0.1) is 0 Å². The van der Waals surface area contributed by atoms with Crippen LogP contribution in [0.25, 0.3) is 0 Å². The summed E-state index contributed by atoms with van der Waals surface area (Å²) >= 11 is 3.47. The number of anilines is 1. The highest BCUT2D eigenvalue weighted by Gasteiger charge is 2.41. The molecule has 2 aliphatic rings. The van der Waals surface area contributed by atoms with Crippen molar-refractivity contribution in [3.8, 4) is 0 Å². The van der Waals surface area contributed by atoms with Crippen LogP contribution in [0.3, 0.4) is 0 Å². The van der Waals surface area contributed by atoms with Gasteiger partial charge in [0.1, 0.15) is 10.4 Å². The zero-order valence-corrected chi connectivity index (χ0v) is 11.9. The third kappa shape index (κ3) is 1.78. The topological polar surface area (TPSA) is 28.2 Å². The summed E-state index contributed by atoms with van der Waals surface area (Å²) in [7, 11) is 4.26. The molecule has 0 radical (unpaired) electrons. The van der Waals surface area contributed by atoms with Crippen LogP contribution < -0.4 is 10.2 Å². The summed E-state index contributed by atoms with van der Waals surface area (Å²) in [6, 6.07) is 5.62. The summed E-state index contributed by atoms with van der Waals surface area (Å²) in [5, 5.41) is 3.43. The quantitative estimate of drug-likeness (QED) is 0.807. The van der Waals surface area contributed by atoms with Gasteiger partial charge in [0.2, 0.25) is 0 Å². The lowest BCUT2D eigenvalue weighted by molar-refractivity contribution is 0.326. The molecule has 17 heavy (non-hydrogen) atoms. The second-order valence-electron chi connectivity index (χ2n) is 5.13. The molecule has 0 bridgehead atoms. The van der Waals surface area contributed by atoms with Gasteiger partial charge in [-0.25, -0.2) is 4.98 Å². The fourth-order valence-corrected chi connectivity index (χ4v) is 3.68. The first kappa shape index (κ1) is 11.5. The van der Waals surface area contributed by atoms with Gasteiger partial charge in [-0.05, 0) is 53.9 Å². The number of pyridine rings is 1. The normalized spacial score (nSPS) is 31.2. The molecule has 4 heteroatoms. The van der Waals surface area contributed by atoms with Crippen LogP contribution in [0.15, 0.2) is 16.7 Å². The largest absolute Gasteiger partial charge is 0.356 e. The number of nitrogens with one attached hydrogen (secondary N) is 1. The molecule has 1 aromatic rings. The van der Waals surface area contributed by atoms with Gasteiger partial charge >= 0.3 is 0 Å². The highest BCUT2D eigenvalue weighted by Crippen LogP contribution is 2.46. The van der Waals surface area contributed by atoms with Gasteiger partial charge in [0.25, 0.3) is 0 Å². The molecule has 0 aromatic carbocycles. The number of rotatable bonds is 1. The molecule has 92 valence electrons. The van der Waals surface area contributed by atoms with E-state index in [0.717, 1.165) is 4.60 Å². The van der Waals surface area contributed by atoms with Crippen LogP contribution in [0, 0.1) is 0 Å². The minimum absolute atomic E-state index is 0.649. The van der Waals surface area contributed by atoms with Crippen molar-refractivity contribution in [3.63, 3.8) is 0 Å². The molecule has 0 spiro atoms. The number of halogens is 1. The van der Waals surface area contributed by atoms with Crippen molar-refractivity contribution >= 4 is 21.7 Å². The standard InChI is InChI=1S/C13H18BrN3/c1-15-8-3-5-11-10(7-8)9-4-6-12(14)16-13(9)17(11)2/h4,6,8,10-11,15H,3,5,7H2,1-2H3. The van der Waals surface area contributed by atoms with Crippen molar-refractivity contribution in [1.29, 1.82) is 0 Å². The second kappa shape index (κ2) is 4.25. The van der Waals surface area contributed by atoms with E-state index in [2.05, 4.69) is 57.4 Å². The van der Waals surface area contributed by atoms with Crippen molar-refractivity contribution in [2.45, 2.75) is 37.3 Å². The van der Waals surface area contributed by atoms with Gasteiger partial charge < -0.3 is 10.2 Å². The third-order valence-corrected chi connectivity index (χ3v) is 4.77. The highest BCUT2D eigenvalue weighted by molar-refractivity contribution is 9.10. The van der Waals surface area contributed by atoms with Crippen molar-refractivity contribution in [2.75, 3.05) is 19.0 Å². The van der Waals surface area contributed by atoms with Gasteiger partial charge in [0.15, 0.2) is 0 Å². The molecule has 3 atom stereocenters. The zero-order chi connectivity index (χ0) is 12.0.